The van der Waals surface area contributed by atoms with Crippen LogP contribution in [0.3, 0.4) is 0 Å². The minimum atomic E-state index is -0.527. The molecule has 0 amide bonds. The summed E-state index contributed by atoms with van der Waals surface area (Å²) in [6.07, 6.45) is 3.13. The molecule has 1 fully saturated rings. The van der Waals surface area contributed by atoms with Gasteiger partial charge in [0.1, 0.15) is 12.4 Å². The SMILES string of the molecule is CC(=O)c1cc([N+](=O)[O-])ccc1OCC1CCCCO1. The number of ketones is 1. The maximum atomic E-state index is 11.6. The first-order valence-electron chi connectivity index (χ1n) is 6.61. The number of carbonyl (C=O) groups is 1. The van der Waals surface area contributed by atoms with Gasteiger partial charge in [-0.2, -0.15) is 0 Å². The van der Waals surface area contributed by atoms with Gasteiger partial charge in [-0.3, -0.25) is 14.9 Å². The lowest BCUT2D eigenvalue weighted by atomic mass is 10.1. The third kappa shape index (κ3) is 3.54. The van der Waals surface area contributed by atoms with Gasteiger partial charge in [0.2, 0.25) is 0 Å². The summed E-state index contributed by atoms with van der Waals surface area (Å²) >= 11 is 0. The van der Waals surface area contributed by atoms with Crippen LogP contribution in [0.1, 0.15) is 36.5 Å². The lowest BCUT2D eigenvalue weighted by Gasteiger charge is -2.23. The molecule has 6 nitrogen and oxygen atoms in total. The zero-order valence-corrected chi connectivity index (χ0v) is 11.3. The van der Waals surface area contributed by atoms with Crippen molar-refractivity contribution in [3.05, 3.63) is 33.9 Å². The first-order valence-corrected chi connectivity index (χ1v) is 6.61. The maximum Gasteiger partial charge on any atom is 0.270 e. The second-order valence-corrected chi connectivity index (χ2v) is 4.79. The van der Waals surface area contributed by atoms with Crippen LogP contribution in [0.5, 0.6) is 5.75 Å². The van der Waals surface area contributed by atoms with Gasteiger partial charge in [-0.05, 0) is 32.3 Å². The van der Waals surface area contributed by atoms with E-state index in [2.05, 4.69) is 0 Å². The number of hydrogen-bond acceptors (Lipinski definition) is 5. The Morgan fingerprint density at radius 2 is 2.30 bits per heavy atom. The van der Waals surface area contributed by atoms with Gasteiger partial charge >= 0.3 is 0 Å². The van der Waals surface area contributed by atoms with Gasteiger partial charge in [0.25, 0.3) is 5.69 Å². The number of nitro groups is 1. The van der Waals surface area contributed by atoms with Gasteiger partial charge in [-0.15, -0.1) is 0 Å². The van der Waals surface area contributed by atoms with Crippen LogP contribution in [-0.4, -0.2) is 30.0 Å². The Kier molecular flexibility index (Phi) is 4.68. The largest absolute Gasteiger partial charge is 0.490 e. The molecule has 108 valence electrons. The zero-order chi connectivity index (χ0) is 14.5. The number of nitro benzene ring substituents is 1. The third-order valence-corrected chi connectivity index (χ3v) is 3.25. The molecule has 1 heterocycles. The fourth-order valence-electron chi connectivity index (χ4n) is 2.15. The molecule has 1 aromatic rings. The van der Waals surface area contributed by atoms with Crippen LogP contribution in [0, 0.1) is 10.1 Å². The van der Waals surface area contributed by atoms with E-state index in [4.69, 9.17) is 9.47 Å². The third-order valence-electron chi connectivity index (χ3n) is 3.25. The normalized spacial score (nSPS) is 18.6. The highest BCUT2D eigenvalue weighted by Gasteiger charge is 2.18. The highest BCUT2D eigenvalue weighted by molar-refractivity contribution is 5.97. The van der Waals surface area contributed by atoms with Gasteiger partial charge < -0.3 is 9.47 Å². The van der Waals surface area contributed by atoms with Gasteiger partial charge in [0, 0.05) is 18.7 Å². The molecule has 6 heteroatoms. The first kappa shape index (κ1) is 14.5. The van der Waals surface area contributed by atoms with E-state index in [1.54, 1.807) is 0 Å². The summed E-state index contributed by atoms with van der Waals surface area (Å²) in [5, 5.41) is 10.7. The first-order chi connectivity index (χ1) is 9.58. The minimum absolute atomic E-state index is 0.0266. The molecule has 1 atom stereocenters. The molecular formula is C14H17NO5. The Morgan fingerprint density at radius 3 is 2.90 bits per heavy atom. The van der Waals surface area contributed by atoms with Crippen molar-refractivity contribution in [2.24, 2.45) is 0 Å². The fraction of sp³-hybridized carbons (Fsp3) is 0.500. The number of benzene rings is 1. The molecule has 1 aromatic carbocycles. The highest BCUT2D eigenvalue weighted by atomic mass is 16.6. The number of hydrogen-bond donors (Lipinski definition) is 0. The van der Waals surface area contributed by atoms with Crippen LogP contribution >= 0.6 is 0 Å². The van der Waals surface area contributed by atoms with E-state index in [-0.39, 0.29) is 23.1 Å². The monoisotopic (exact) mass is 279 g/mol. The molecule has 0 aliphatic carbocycles. The molecule has 1 aliphatic rings. The predicted molar refractivity (Wildman–Crippen MR) is 72.2 cm³/mol. The van der Waals surface area contributed by atoms with Crippen molar-refractivity contribution < 1.29 is 19.2 Å². The van der Waals surface area contributed by atoms with E-state index in [0.29, 0.717) is 12.4 Å². The summed E-state index contributed by atoms with van der Waals surface area (Å²) in [5.41, 5.74) is 0.117. The van der Waals surface area contributed by atoms with E-state index in [0.717, 1.165) is 25.9 Å². The Bertz CT molecular complexity index is 508. The van der Waals surface area contributed by atoms with Gasteiger partial charge in [-0.25, -0.2) is 0 Å². The molecular weight excluding hydrogens is 262 g/mol. The van der Waals surface area contributed by atoms with Crippen molar-refractivity contribution in [1.29, 1.82) is 0 Å². The maximum absolute atomic E-state index is 11.6. The van der Waals surface area contributed by atoms with Crippen LogP contribution in [0.25, 0.3) is 0 Å². The summed E-state index contributed by atoms with van der Waals surface area (Å²) in [6.45, 7) is 2.45. The summed E-state index contributed by atoms with van der Waals surface area (Å²) < 4.78 is 11.1. The Morgan fingerprint density at radius 1 is 1.50 bits per heavy atom. The van der Waals surface area contributed by atoms with Crippen molar-refractivity contribution in [1.82, 2.24) is 0 Å². The lowest BCUT2D eigenvalue weighted by molar-refractivity contribution is -0.384. The predicted octanol–water partition coefficient (Wildman–Crippen LogP) is 2.75. The second kappa shape index (κ2) is 6.47. The Hall–Kier alpha value is -1.95. The van der Waals surface area contributed by atoms with Gasteiger partial charge in [0.15, 0.2) is 5.78 Å². The Balaban J connectivity index is 2.09. The van der Waals surface area contributed by atoms with Crippen LogP contribution in [0.15, 0.2) is 18.2 Å². The zero-order valence-electron chi connectivity index (χ0n) is 11.3. The lowest BCUT2D eigenvalue weighted by Crippen LogP contribution is -2.26. The van der Waals surface area contributed by atoms with Crippen LogP contribution in [-0.2, 0) is 4.74 Å². The summed E-state index contributed by atoms with van der Waals surface area (Å²) in [7, 11) is 0. The number of rotatable bonds is 5. The van der Waals surface area contributed by atoms with Crippen molar-refractivity contribution >= 4 is 11.5 Å². The number of ether oxygens (including phenoxy) is 2. The molecule has 1 aliphatic heterocycles. The minimum Gasteiger partial charge on any atom is -0.490 e. The quantitative estimate of drug-likeness (QED) is 0.470. The Labute approximate surface area is 116 Å². The second-order valence-electron chi connectivity index (χ2n) is 4.79. The highest BCUT2D eigenvalue weighted by Crippen LogP contribution is 2.25. The molecule has 1 unspecified atom stereocenters. The molecule has 0 radical (unpaired) electrons. The summed E-state index contributed by atoms with van der Waals surface area (Å²) in [6, 6.07) is 4.06. The number of carbonyl (C=O) groups excluding carboxylic acids is 1. The summed E-state index contributed by atoms with van der Waals surface area (Å²) in [5.74, 6) is 0.116. The molecule has 0 N–H and O–H groups in total. The molecule has 0 aromatic heterocycles. The van der Waals surface area contributed by atoms with Crippen LogP contribution in [0.4, 0.5) is 5.69 Å². The molecule has 0 bridgehead atoms. The average molecular weight is 279 g/mol. The van der Waals surface area contributed by atoms with Gasteiger partial charge in [-0.1, -0.05) is 0 Å². The number of Topliss-reactive ketones (excluding diaryl/α,β-unsaturated/α-hetero) is 1. The van der Waals surface area contributed by atoms with E-state index in [1.165, 1.54) is 25.1 Å². The average Bonchev–Trinajstić information content (AvgIpc) is 2.45. The number of non-ortho nitro benzene ring substituents is 1. The molecule has 2 rings (SSSR count). The van der Waals surface area contributed by atoms with E-state index in [9.17, 15) is 14.9 Å². The molecule has 1 saturated heterocycles. The van der Waals surface area contributed by atoms with Gasteiger partial charge in [0.05, 0.1) is 16.6 Å². The van der Waals surface area contributed by atoms with E-state index < -0.39 is 4.92 Å². The number of nitrogens with zero attached hydrogens (tertiary/aromatic N) is 1. The van der Waals surface area contributed by atoms with E-state index in [1.807, 2.05) is 0 Å². The van der Waals surface area contributed by atoms with Crippen molar-refractivity contribution in [2.75, 3.05) is 13.2 Å². The topological polar surface area (TPSA) is 78.7 Å². The van der Waals surface area contributed by atoms with Crippen molar-refractivity contribution in [3.63, 3.8) is 0 Å². The molecule has 0 spiro atoms. The van der Waals surface area contributed by atoms with Crippen molar-refractivity contribution in [2.45, 2.75) is 32.3 Å². The van der Waals surface area contributed by atoms with Crippen LogP contribution < -0.4 is 4.74 Å². The molecule has 0 saturated carbocycles. The van der Waals surface area contributed by atoms with E-state index >= 15 is 0 Å². The molecule has 20 heavy (non-hydrogen) atoms. The van der Waals surface area contributed by atoms with Crippen molar-refractivity contribution in [3.8, 4) is 5.75 Å². The standard InChI is InChI=1S/C14H17NO5/c1-10(16)13-8-11(15(17)18)5-6-14(13)20-9-12-4-2-3-7-19-12/h5-6,8,12H,2-4,7,9H2,1H3. The summed E-state index contributed by atoms with van der Waals surface area (Å²) in [4.78, 5) is 21.8. The van der Waals surface area contributed by atoms with Crippen LogP contribution in [0.2, 0.25) is 0 Å². The fourth-order valence-corrected chi connectivity index (χ4v) is 2.15. The smallest absolute Gasteiger partial charge is 0.270 e.